The normalized spacial score (nSPS) is 11.3. The predicted octanol–water partition coefficient (Wildman–Crippen LogP) is 3.83. The topological polar surface area (TPSA) is 49.1 Å². The monoisotopic (exact) mass is 337 g/mol. The summed E-state index contributed by atoms with van der Waals surface area (Å²) in [6.45, 7) is 2.11. The first kappa shape index (κ1) is 15.4. The Morgan fingerprint density at radius 1 is 1.16 bits per heavy atom. The van der Waals surface area contributed by atoms with Crippen LogP contribution in [0, 0.1) is 5.82 Å². The number of carbonyl (C=O) groups excluding carboxylic acids is 1. The molecule has 0 bridgehead atoms. The van der Waals surface area contributed by atoms with Gasteiger partial charge in [-0.3, -0.25) is 9.25 Å². The van der Waals surface area contributed by atoms with Crippen LogP contribution in [0.15, 0.2) is 48.7 Å². The number of fused-ring (bicyclic) bond motifs is 3. The summed E-state index contributed by atoms with van der Waals surface area (Å²) in [6, 6.07) is 11.7. The summed E-state index contributed by atoms with van der Waals surface area (Å²) in [5.74, 6) is -0.641. The molecule has 0 amide bonds. The van der Waals surface area contributed by atoms with Gasteiger partial charge in [0.15, 0.2) is 5.65 Å². The molecule has 0 atom stereocenters. The molecule has 0 N–H and O–H groups in total. The molecular formula is C19H16FN3O2. The van der Waals surface area contributed by atoms with Crippen molar-refractivity contribution < 1.29 is 13.9 Å². The summed E-state index contributed by atoms with van der Waals surface area (Å²) in [5.41, 5.74) is 2.96. The number of aromatic nitrogens is 3. The lowest BCUT2D eigenvalue weighted by molar-refractivity contribution is 0.0526. The molecule has 0 aliphatic carbocycles. The Hall–Kier alpha value is -3.15. The van der Waals surface area contributed by atoms with Crippen LogP contribution >= 0.6 is 0 Å². The molecule has 0 fully saturated rings. The summed E-state index contributed by atoms with van der Waals surface area (Å²) in [5, 5.41) is 6.35. The van der Waals surface area contributed by atoms with Gasteiger partial charge in [-0.15, -0.1) is 0 Å². The van der Waals surface area contributed by atoms with E-state index in [1.54, 1.807) is 29.8 Å². The summed E-state index contributed by atoms with van der Waals surface area (Å²) in [7, 11) is 1.84. The molecule has 126 valence electrons. The zero-order valence-corrected chi connectivity index (χ0v) is 13.9. The molecule has 0 saturated carbocycles. The highest BCUT2D eigenvalue weighted by Gasteiger charge is 2.17. The molecule has 4 rings (SSSR count). The standard InChI is InChI=1S/C19H16FN3O2/c1-3-25-19(24)12-4-9-17-15(10-12)16-11-22(2)21-18(16)23(17)14-7-5-13(20)6-8-14/h4-11H,3H2,1-2H3. The SMILES string of the molecule is CCOC(=O)c1ccc2c(c1)c1cn(C)nc1n2-c1ccc(F)cc1. The number of hydrogen-bond acceptors (Lipinski definition) is 3. The number of halogens is 1. The molecule has 2 aromatic heterocycles. The van der Waals surface area contributed by atoms with E-state index in [0.717, 1.165) is 27.6 Å². The fraction of sp³-hybridized carbons (Fsp3) is 0.158. The number of hydrogen-bond donors (Lipinski definition) is 0. The molecule has 4 aromatic rings. The molecular weight excluding hydrogens is 321 g/mol. The van der Waals surface area contributed by atoms with Crippen molar-refractivity contribution in [1.29, 1.82) is 0 Å². The van der Waals surface area contributed by atoms with Crippen molar-refractivity contribution in [3.63, 3.8) is 0 Å². The summed E-state index contributed by atoms with van der Waals surface area (Å²) in [4.78, 5) is 12.1. The molecule has 0 unspecified atom stereocenters. The van der Waals surface area contributed by atoms with Gasteiger partial charge in [-0.2, -0.15) is 5.10 Å². The number of benzene rings is 2. The minimum atomic E-state index is -0.351. The maximum atomic E-state index is 13.3. The van der Waals surface area contributed by atoms with E-state index in [1.807, 2.05) is 29.9 Å². The highest BCUT2D eigenvalue weighted by molar-refractivity contribution is 6.10. The van der Waals surface area contributed by atoms with Crippen molar-refractivity contribution in [2.75, 3.05) is 6.61 Å². The van der Waals surface area contributed by atoms with Crippen LogP contribution in [0.4, 0.5) is 4.39 Å². The maximum Gasteiger partial charge on any atom is 0.338 e. The van der Waals surface area contributed by atoms with E-state index in [9.17, 15) is 9.18 Å². The van der Waals surface area contributed by atoms with Gasteiger partial charge in [0.25, 0.3) is 0 Å². The van der Waals surface area contributed by atoms with Gasteiger partial charge in [-0.1, -0.05) is 0 Å². The molecule has 0 aliphatic heterocycles. The zero-order chi connectivity index (χ0) is 17.6. The summed E-state index contributed by atoms with van der Waals surface area (Å²) in [6.07, 6.45) is 1.91. The molecule has 0 spiro atoms. The number of nitrogens with zero attached hydrogens (tertiary/aromatic N) is 3. The second kappa shape index (κ2) is 5.73. The third-order valence-electron chi connectivity index (χ3n) is 4.14. The van der Waals surface area contributed by atoms with Gasteiger partial charge < -0.3 is 4.74 Å². The van der Waals surface area contributed by atoms with Crippen molar-refractivity contribution in [3.8, 4) is 5.69 Å². The van der Waals surface area contributed by atoms with Gasteiger partial charge >= 0.3 is 5.97 Å². The fourth-order valence-corrected chi connectivity index (χ4v) is 3.09. The van der Waals surface area contributed by atoms with E-state index < -0.39 is 0 Å². The molecule has 5 nitrogen and oxygen atoms in total. The first-order chi connectivity index (χ1) is 12.1. The average molecular weight is 337 g/mol. The average Bonchev–Trinajstić information content (AvgIpc) is 3.10. The van der Waals surface area contributed by atoms with Crippen LogP contribution in [-0.4, -0.2) is 26.9 Å². The van der Waals surface area contributed by atoms with Crippen molar-refractivity contribution in [1.82, 2.24) is 14.3 Å². The Balaban J connectivity index is 2.00. The van der Waals surface area contributed by atoms with Gasteiger partial charge in [-0.05, 0) is 49.4 Å². The van der Waals surface area contributed by atoms with Crippen molar-refractivity contribution in [2.45, 2.75) is 6.92 Å². The minimum Gasteiger partial charge on any atom is -0.462 e. The van der Waals surface area contributed by atoms with Crippen LogP contribution in [0.25, 0.3) is 27.6 Å². The lowest BCUT2D eigenvalue weighted by atomic mass is 10.1. The quantitative estimate of drug-likeness (QED) is 0.534. The molecule has 0 saturated heterocycles. The molecule has 0 radical (unpaired) electrons. The Bertz CT molecular complexity index is 1090. The van der Waals surface area contributed by atoms with E-state index in [1.165, 1.54) is 12.1 Å². The second-order valence-corrected chi connectivity index (χ2v) is 5.80. The van der Waals surface area contributed by atoms with Gasteiger partial charge in [-0.25, -0.2) is 9.18 Å². The minimum absolute atomic E-state index is 0.290. The van der Waals surface area contributed by atoms with Crippen molar-refractivity contribution in [2.24, 2.45) is 7.05 Å². The van der Waals surface area contributed by atoms with Crippen LogP contribution in [0.5, 0.6) is 0 Å². The predicted molar refractivity (Wildman–Crippen MR) is 93.5 cm³/mol. The van der Waals surface area contributed by atoms with Crippen LogP contribution in [-0.2, 0) is 11.8 Å². The van der Waals surface area contributed by atoms with Crippen LogP contribution in [0.1, 0.15) is 17.3 Å². The number of ether oxygens (including phenoxy) is 1. The number of aryl methyl sites for hydroxylation is 1. The summed E-state index contributed by atoms with van der Waals surface area (Å²) >= 11 is 0. The largest absolute Gasteiger partial charge is 0.462 e. The van der Waals surface area contributed by atoms with Crippen LogP contribution in [0.2, 0.25) is 0 Å². The van der Waals surface area contributed by atoms with Gasteiger partial charge in [0.1, 0.15) is 5.82 Å². The van der Waals surface area contributed by atoms with Crippen LogP contribution < -0.4 is 0 Å². The van der Waals surface area contributed by atoms with Gasteiger partial charge in [0, 0.05) is 29.7 Å². The lowest BCUT2D eigenvalue weighted by Gasteiger charge is -2.07. The van der Waals surface area contributed by atoms with E-state index in [2.05, 4.69) is 5.10 Å². The highest BCUT2D eigenvalue weighted by Crippen LogP contribution is 2.32. The number of rotatable bonds is 3. The molecule has 0 aliphatic rings. The first-order valence-corrected chi connectivity index (χ1v) is 7.99. The molecule has 2 heterocycles. The zero-order valence-electron chi connectivity index (χ0n) is 13.9. The third kappa shape index (κ3) is 2.46. The van der Waals surface area contributed by atoms with Gasteiger partial charge in [0.05, 0.1) is 17.7 Å². The third-order valence-corrected chi connectivity index (χ3v) is 4.14. The number of esters is 1. The maximum absolute atomic E-state index is 13.3. The molecule has 25 heavy (non-hydrogen) atoms. The summed E-state index contributed by atoms with van der Waals surface area (Å²) < 4.78 is 22.1. The van der Waals surface area contributed by atoms with E-state index in [-0.39, 0.29) is 11.8 Å². The fourth-order valence-electron chi connectivity index (χ4n) is 3.09. The van der Waals surface area contributed by atoms with E-state index >= 15 is 0 Å². The van der Waals surface area contributed by atoms with Crippen molar-refractivity contribution >= 4 is 27.9 Å². The van der Waals surface area contributed by atoms with E-state index in [0.29, 0.717) is 12.2 Å². The first-order valence-electron chi connectivity index (χ1n) is 7.99. The van der Waals surface area contributed by atoms with Crippen LogP contribution in [0.3, 0.4) is 0 Å². The molecule has 2 aromatic carbocycles. The number of carbonyl (C=O) groups is 1. The Labute approximate surface area is 143 Å². The Morgan fingerprint density at radius 2 is 1.92 bits per heavy atom. The lowest BCUT2D eigenvalue weighted by Crippen LogP contribution is -2.04. The Morgan fingerprint density at radius 3 is 2.64 bits per heavy atom. The Kier molecular flexibility index (Phi) is 3.53. The van der Waals surface area contributed by atoms with Crippen molar-refractivity contribution in [3.05, 3.63) is 60.0 Å². The highest BCUT2D eigenvalue weighted by atomic mass is 19.1. The smallest absolute Gasteiger partial charge is 0.338 e. The molecule has 6 heteroatoms. The van der Waals surface area contributed by atoms with Gasteiger partial charge in [0.2, 0.25) is 0 Å². The second-order valence-electron chi connectivity index (χ2n) is 5.80. The van der Waals surface area contributed by atoms with E-state index in [4.69, 9.17) is 4.74 Å².